The fourth-order valence-corrected chi connectivity index (χ4v) is 2.51. The molecule has 1 aromatic carbocycles. The van der Waals surface area contributed by atoms with Gasteiger partial charge in [0.25, 0.3) is 0 Å². The lowest BCUT2D eigenvalue weighted by Crippen LogP contribution is -2.14. The normalized spacial score (nSPS) is 14.3. The summed E-state index contributed by atoms with van der Waals surface area (Å²) < 4.78 is 8.49. The zero-order valence-corrected chi connectivity index (χ0v) is 10.3. The maximum Gasteiger partial charge on any atom is 0.227 e. The lowest BCUT2D eigenvalue weighted by Gasteiger charge is -2.14. The highest BCUT2D eigenvalue weighted by Gasteiger charge is 2.20. The lowest BCUT2D eigenvalue weighted by molar-refractivity contribution is 0.229. The summed E-state index contributed by atoms with van der Waals surface area (Å²) >= 11 is 3.57. The van der Waals surface area contributed by atoms with Crippen molar-refractivity contribution in [2.24, 2.45) is 0 Å². The molecule has 0 saturated heterocycles. The van der Waals surface area contributed by atoms with Gasteiger partial charge in [0.1, 0.15) is 10.2 Å². The molecule has 0 saturated carbocycles. The molecule has 3 nitrogen and oxygen atoms in total. The van der Waals surface area contributed by atoms with E-state index in [0.717, 1.165) is 41.2 Å². The maximum absolute atomic E-state index is 5.61. The summed E-state index contributed by atoms with van der Waals surface area (Å²) in [4.78, 5) is 0. The molecule has 0 unspecified atom stereocenters. The molecule has 16 heavy (non-hydrogen) atoms. The highest BCUT2D eigenvalue weighted by molar-refractivity contribution is 9.10. The van der Waals surface area contributed by atoms with Gasteiger partial charge in [-0.1, -0.05) is 30.3 Å². The van der Waals surface area contributed by atoms with Gasteiger partial charge in [0.05, 0.1) is 6.61 Å². The first-order chi connectivity index (χ1) is 7.86. The van der Waals surface area contributed by atoms with E-state index in [9.17, 15) is 0 Å². The number of benzene rings is 1. The molecule has 0 aliphatic carbocycles. The SMILES string of the molecule is Brc1c(-c2ccccc2)nn2c1OCCC2. The average Bonchev–Trinajstić information content (AvgIpc) is 2.69. The van der Waals surface area contributed by atoms with Crippen LogP contribution in [0, 0.1) is 0 Å². The topological polar surface area (TPSA) is 27.1 Å². The van der Waals surface area contributed by atoms with Crippen LogP contribution in [0.3, 0.4) is 0 Å². The third-order valence-electron chi connectivity index (χ3n) is 2.65. The van der Waals surface area contributed by atoms with E-state index in [1.165, 1.54) is 0 Å². The summed E-state index contributed by atoms with van der Waals surface area (Å²) in [6, 6.07) is 10.1. The second kappa shape index (κ2) is 3.94. The Morgan fingerprint density at radius 3 is 2.81 bits per heavy atom. The largest absolute Gasteiger partial charge is 0.477 e. The van der Waals surface area contributed by atoms with Crippen LogP contribution in [0.2, 0.25) is 0 Å². The van der Waals surface area contributed by atoms with Crippen molar-refractivity contribution >= 4 is 15.9 Å². The van der Waals surface area contributed by atoms with Gasteiger partial charge in [0, 0.05) is 18.5 Å². The minimum absolute atomic E-state index is 0.776. The van der Waals surface area contributed by atoms with E-state index in [-0.39, 0.29) is 0 Å². The van der Waals surface area contributed by atoms with Gasteiger partial charge in [-0.2, -0.15) is 5.10 Å². The van der Waals surface area contributed by atoms with E-state index >= 15 is 0 Å². The van der Waals surface area contributed by atoms with E-state index in [1.807, 2.05) is 22.9 Å². The third kappa shape index (κ3) is 1.53. The van der Waals surface area contributed by atoms with Crippen LogP contribution in [0.4, 0.5) is 0 Å². The first-order valence-electron chi connectivity index (χ1n) is 5.31. The Morgan fingerprint density at radius 2 is 2.06 bits per heavy atom. The van der Waals surface area contributed by atoms with Gasteiger partial charge in [-0.25, -0.2) is 4.68 Å². The minimum Gasteiger partial charge on any atom is -0.477 e. The van der Waals surface area contributed by atoms with Crippen molar-refractivity contribution in [3.05, 3.63) is 34.8 Å². The zero-order chi connectivity index (χ0) is 11.0. The highest BCUT2D eigenvalue weighted by atomic mass is 79.9. The Morgan fingerprint density at radius 1 is 1.25 bits per heavy atom. The standard InChI is InChI=1S/C12H11BrN2O/c13-10-11(9-5-2-1-3-6-9)14-15-7-4-8-16-12(10)15/h1-3,5-6H,4,7-8H2. The summed E-state index contributed by atoms with van der Waals surface area (Å²) in [5.41, 5.74) is 2.07. The molecule has 0 bridgehead atoms. The number of hydrogen-bond donors (Lipinski definition) is 0. The molecule has 0 atom stereocenters. The summed E-state index contributed by atoms with van der Waals surface area (Å²) in [5, 5.41) is 4.57. The molecule has 0 amide bonds. The molecule has 1 aromatic heterocycles. The maximum atomic E-state index is 5.61. The Hall–Kier alpha value is -1.29. The van der Waals surface area contributed by atoms with Crippen LogP contribution >= 0.6 is 15.9 Å². The van der Waals surface area contributed by atoms with Crippen molar-refractivity contribution in [1.29, 1.82) is 0 Å². The molecule has 2 aromatic rings. The van der Waals surface area contributed by atoms with Crippen molar-refractivity contribution in [3.63, 3.8) is 0 Å². The van der Waals surface area contributed by atoms with Crippen LogP contribution < -0.4 is 4.74 Å². The van der Waals surface area contributed by atoms with Gasteiger partial charge in [-0.3, -0.25) is 0 Å². The van der Waals surface area contributed by atoms with Crippen molar-refractivity contribution in [3.8, 4) is 17.1 Å². The Bertz CT molecular complexity index is 507. The second-order valence-electron chi connectivity index (χ2n) is 3.76. The van der Waals surface area contributed by atoms with Gasteiger partial charge >= 0.3 is 0 Å². The number of ether oxygens (including phenoxy) is 1. The summed E-state index contributed by atoms with van der Waals surface area (Å²) in [7, 11) is 0. The van der Waals surface area contributed by atoms with Gasteiger partial charge < -0.3 is 4.74 Å². The molecule has 4 heteroatoms. The number of aryl methyl sites for hydroxylation is 1. The molecule has 82 valence electrons. The van der Waals surface area contributed by atoms with Crippen LogP contribution in [-0.4, -0.2) is 16.4 Å². The first-order valence-corrected chi connectivity index (χ1v) is 6.10. The minimum atomic E-state index is 0.776. The quantitative estimate of drug-likeness (QED) is 0.802. The van der Waals surface area contributed by atoms with Crippen LogP contribution in [-0.2, 0) is 6.54 Å². The van der Waals surface area contributed by atoms with Crippen LogP contribution in [0.1, 0.15) is 6.42 Å². The van der Waals surface area contributed by atoms with Gasteiger partial charge in [0.2, 0.25) is 5.88 Å². The van der Waals surface area contributed by atoms with E-state index in [2.05, 4.69) is 33.2 Å². The number of rotatable bonds is 1. The van der Waals surface area contributed by atoms with E-state index in [1.54, 1.807) is 0 Å². The molecule has 0 spiro atoms. The lowest BCUT2D eigenvalue weighted by atomic mass is 10.2. The summed E-state index contributed by atoms with van der Waals surface area (Å²) in [6.07, 6.45) is 1.02. The number of halogens is 1. The Balaban J connectivity index is 2.12. The predicted molar refractivity (Wildman–Crippen MR) is 65.5 cm³/mol. The number of aromatic nitrogens is 2. The third-order valence-corrected chi connectivity index (χ3v) is 3.37. The highest BCUT2D eigenvalue weighted by Crippen LogP contribution is 2.36. The predicted octanol–water partition coefficient (Wildman–Crippen LogP) is 3.10. The smallest absolute Gasteiger partial charge is 0.227 e. The van der Waals surface area contributed by atoms with Crippen molar-refractivity contribution in [1.82, 2.24) is 9.78 Å². The molecule has 0 radical (unpaired) electrons. The molecule has 2 heterocycles. The fraction of sp³-hybridized carbons (Fsp3) is 0.250. The van der Waals surface area contributed by atoms with E-state index < -0.39 is 0 Å². The molecule has 1 aliphatic rings. The average molecular weight is 279 g/mol. The van der Waals surface area contributed by atoms with Gasteiger partial charge in [0.15, 0.2) is 0 Å². The Labute approximate surface area is 102 Å². The first kappa shape index (κ1) is 9.90. The number of nitrogens with zero attached hydrogens (tertiary/aromatic N) is 2. The van der Waals surface area contributed by atoms with Crippen molar-refractivity contribution < 1.29 is 4.74 Å². The van der Waals surface area contributed by atoms with E-state index in [4.69, 9.17) is 4.74 Å². The zero-order valence-electron chi connectivity index (χ0n) is 8.69. The van der Waals surface area contributed by atoms with Gasteiger partial charge in [-0.15, -0.1) is 0 Å². The monoisotopic (exact) mass is 278 g/mol. The van der Waals surface area contributed by atoms with Crippen LogP contribution in [0.5, 0.6) is 5.88 Å². The molecule has 0 N–H and O–H groups in total. The molecule has 3 rings (SSSR count). The molecular weight excluding hydrogens is 268 g/mol. The fourth-order valence-electron chi connectivity index (χ4n) is 1.88. The molecular formula is C12H11BrN2O. The Kier molecular flexibility index (Phi) is 2.44. The van der Waals surface area contributed by atoms with Crippen LogP contribution in [0.15, 0.2) is 34.8 Å². The summed E-state index contributed by atoms with van der Waals surface area (Å²) in [5.74, 6) is 0.852. The van der Waals surface area contributed by atoms with Crippen LogP contribution in [0.25, 0.3) is 11.3 Å². The van der Waals surface area contributed by atoms with E-state index in [0.29, 0.717) is 0 Å². The van der Waals surface area contributed by atoms with Crippen molar-refractivity contribution in [2.75, 3.05) is 6.61 Å². The summed E-state index contributed by atoms with van der Waals surface area (Å²) in [6.45, 7) is 1.71. The van der Waals surface area contributed by atoms with Gasteiger partial charge in [-0.05, 0) is 15.9 Å². The van der Waals surface area contributed by atoms with Crippen molar-refractivity contribution in [2.45, 2.75) is 13.0 Å². The molecule has 1 aliphatic heterocycles. The molecule has 0 fully saturated rings. The number of hydrogen-bond acceptors (Lipinski definition) is 2. The number of fused-ring (bicyclic) bond motifs is 1. The second-order valence-corrected chi connectivity index (χ2v) is 4.55.